The summed E-state index contributed by atoms with van der Waals surface area (Å²) in [5, 5.41) is 4.99. The van der Waals surface area contributed by atoms with Crippen LogP contribution in [0.2, 0.25) is 0 Å². The van der Waals surface area contributed by atoms with E-state index in [1.54, 1.807) is 0 Å². The molecule has 1 unspecified atom stereocenters. The summed E-state index contributed by atoms with van der Waals surface area (Å²) < 4.78 is 92.4. The summed E-state index contributed by atoms with van der Waals surface area (Å²) in [4.78, 5) is 17.1. The molecule has 0 aliphatic heterocycles. The van der Waals surface area contributed by atoms with E-state index in [4.69, 9.17) is 4.84 Å². The van der Waals surface area contributed by atoms with Gasteiger partial charge in [-0.25, -0.2) is 17.6 Å². The Morgan fingerprint density at radius 2 is 1.57 bits per heavy atom. The molecule has 1 amide bonds. The van der Waals surface area contributed by atoms with E-state index in [1.165, 1.54) is 5.32 Å². The molecule has 11 heteroatoms. The first-order valence-corrected chi connectivity index (χ1v) is 8.27. The molecule has 0 radical (unpaired) electrons. The Kier molecular flexibility index (Phi) is 7.83. The summed E-state index contributed by atoms with van der Waals surface area (Å²) >= 11 is 0. The quantitative estimate of drug-likeness (QED) is 0.279. The van der Waals surface area contributed by atoms with Gasteiger partial charge in [-0.15, -0.1) is 0 Å². The van der Waals surface area contributed by atoms with Gasteiger partial charge in [0.2, 0.25) is 0 Å². The van der Waals surface area contributed by atoms with Crippen LogP contribution >= 0.6 is 0 Å². The molecule has 4 nitrogen and oxygen atoms in total. The molecular formula is C17H19F7N2O2. The van der Waals surface area contributed by atoms with Crippen LogP contribution in [0, 0.1) is 29.2 Å². The Morgan fingerprint density at radius 3 is 1.96 bits per heavy atom. The van der Waals surface area contributed by atoms with E-state index in [1.807, 2.05) is 20.8 Å². The van der Waals surface area contributed by atoms with Gasteiger partial charge in [-0.1, -0.05) is 32.3 Å². The van der Waals surface area contributed by atoms with Gasteiger partial charge in [-0.05, 0) is 19.3 Å². The molecule has 0 saturated heterocycles. The van der Waals surface area contributed by atoms with Crippen LogP contribution in [0.15, 0.2) is 5.16 Å². The van der Waals surface area contributed by atoms with Crippen LogP contribution in [0.3, 0.4) is 0 Å². The maximum absolute atomic E-state index is 13.8. The van der Waals surface area contributed by atoms with Crippen LogP contribution in [0.4, 0.5) is 36.4 Å². The summed E-state index contributed by atoms with van der Waals surface area (Å²) in [5.41, 5.74) is -4.88. The van der Waals surface area contributed by atoms with E-state index in [0.717, 1.165) is 13.3 Å². The zero-order chi connectivity index (χ0) is 21.8. The van der Waals surface area contributed by atoms with Gasteiger partial charge in [-0.3, -0.25) is 4.79 Å². The Balaban J connectivity index is 3.14. The fourth-order valence-corrected chi connectivity index (χ4v) is 2.17. The van der Waals surface area contributed by atoms with Crippen LogP contribution in [-0.2, 0) is 15.8 Å². The maximum Gasteiger partial charge on any atom is 0.422 e. The predicted octanol–water partition coefficient (Wildman–Crippen LogP) is 5.42. The highest BCUT2D eigenvalue weighted by atomic mass is 19.4. The lowest BCUT2D eigenvalue weighted by Crippen LogP contribution is -2.25. The second-order valence-corrected chi connectivity index (χ2v) is 6.31. The van der Waals surface area contributed by atoms with Crippen molar-refractivity contribution in [2.75, 3.05) is 5.32 Å². The number of amides is 1. The average molecular weight is 416 g/mol. The fourth-order valence-electron chi connectivity index (χ4n) is 2.17. The molecule has 158 valence electrons. The lowest BCUT2D eigenvalue weighted by atomic mass is 10.0. The van der Waals surface area contributed by atoms with Crippen molar-refractivity contribution in [3.8, 4) is 0 Å². The van der Waals surface area contributed by atoms with Crippen LogP contribution in [0.5, 0.6) is 0 Å². The second kappa shape index (κ2) is 9.24. The molecule has 0 fully saturated rings. The number of anilines is 1. The third-order valence-electron chi connectivity index (χ3n) is 3.76. The van der Waals surface area contributed by atoms with E-state index in [2.05, 4.69) is 5.16 Å². The monoisotopic (exact) mass is 416 g/mol. The Morgan fingerprint density at radius 1 is 1.07 bits per heavy atom. The highest BCUT2D eigenvalue weighted by Gasteiger charge is 2.42. The number of rotatable bonds is 7. The molecule has 0 aliphatic rings. The minimum atomic E-state index is -5.67. The standard InChI is InChI=1S/C17H19F7N2O2/c1-5-6-9(7(2)3)28-26-8(4)16(27)25-15-13(20)11(18)10(17(22,23)24)12(19)14(15)21/h7,9H,5-6H2,1-4H3,(H,25,27)/b26-8+. The minimum absolute atomic E-state index is 0.0348. The number of carbonyl (C=O) groups excluding carboxylic acids is 1. The van der Waals surface area contributed by atoms with Crippen molar-refractivity contribution in [2.45, 2.75) is 52.8 Å². The molecule has 1 aromatic carbocycles. The van der Waals surface area contributed by atoms with Crippen LogP contribution in [0.25, 0.3) is 0 Å². The van der Waals surface area contributed by atoms with Crippen LogP contribution in [0.1, 0.15) is 46.1 Å². The summed E-state index contributed by atoms with van der Waals surface area (Å²) in [6.45, 7) is 6.65. The molecule has 0 saturated carbocycles. The Bertz CT molecular complexity index is 732. The van der Waals surface area contributed by atoms with Crippen molar-refractivity contribution in [3.05, 3.63) is 28.8 Å². The molecule has 1 atom stereocenters. The lowest BCUT2D eigenvalue weighted by Gasteiger charge is -2.18. The van der Waals surface area contributed by atoms with Gasteiger partial charge >= 0.3 is 6.18 Å². The second-order valence-electron chi connectivity index (χ2n) is 6.31. The van der Waals surface area contributed by atoms with Gasteiger partial charge in [0.05, 0.1) is 0 Å². The van der Waals surface area contributed by atoms with Crippen molar-refractivity contribution in [3.63, 3.8) is 0 Å². The molecule has 0 spiro atoms. The third kappa shape index (κ3) is 5.35. The van der Waals surface area contributed by atoms with E-state index in [9.17, 15) is 35.5 Å². The van der Waals surface area contributed by atoms with E-state index >= 15 is 0 Å². The third-order valence-corrected chi connectivity index (χ3v) is 3.76. The normalized spacial score (nSPS) is 13.6. The van der Waals surface area contributed by atoms with Crippen molar-refractivity contribution in [1.29, 1.82) is 0 Å². The topological polar surface area (TPSA) is 50.7 Å². The van der Waals surface area contributed by atoms with Crippen LogP contribution in [-0.4, -0.2) is 17.7 Å². The molecule has 28 heavy (non-hydrogen) atoms. The van der Waals surface area contributed by atoms with Crippen LogP contribution < -0.4 is 5.32 Å². The van der Waals surface area contributed by atoms with Gasteiger partial charge in [0.1, 0.15) is 23.1 Å². The summed E-state index contributed by atoms with van der Waals surface area (Å²) in [6.07, 6.45) is -4.67. The van der Waals surface area contributed by atoms with E-state index in [-0.39, 0.29) is 12.0 Å². The lowest BCUT2D eigenvalue weighted by molar-refractivity contribution is -0.143. The van der Waals surface area contributed by atoms with Gasteiger partial charge in [0.25, 0.3) is 5.91 Å². The molecule has 0 heterocycles. The number of nitrogens with zero attached hydrogens (tertiary/aromatic N) is 1. The molecule has 0 bridgehead atoms. The van der Waals surface area contributed by atoms with Crippen molar-refractivity contribution < 1.29 is 40.4 Å². The number of nitrogens with one attached hydrogen (secondary N) is 1. The first-order chi connectivity index (χ1) is 12.8. The molecule has 1 rings (SSSR count). The van der Waals surface area contributed by atoms with E-state index in [0.29, 0.717) is 6.42 Å². The highest BCUT2D eigenvalue weighted by molar-refractivity contribution is 6.42. The zero-order valence-electron chi connectivity index (χ0n) is 15.5. The number of carbonyl (C=O) groups is 1. The molecule has 1 aromatic rings. The smallest absolute Gasteiger partial charge is 0.392 e. The Labute approximate surface area is 156 Å². The van der Waals surface area contributed by atoms with Crippen molar-refractivity contribution in [1.82, 2.24) is 0 Å². The molecule has 0 aromatic heterocycles. The van der Waals surface area contributed by atoms with Gasteiger partial charge < -0.3 is 10.2 Å². The number of oxime groups is 1. The molecule has 0 aliphatic carbocycles. The first kappa shape index (κ1) is 23.7. The van der Waals surface area contributed by atoms with Crippen molar-refractivity contribution in [2.24, 2.45) is 11.1 Å². The maximum atomic E-state index is 13.8. The summed E-state index contributed by atoms with van der Waals surface area (Å²) in [7, 11) is 0. The van der Waals surface area contributed by atoms with Gasteiger partial charge in [0, 0.05) is 0 Å². The number of alkyl halides is 3. The summed E-state index contributed by atoms with van der Waals surface area (Å²) in [5.74, 6) is -11.4. The van der Waals surface area contributed by atoms with Gasteiger partial charge in [0.15, 0.2) is 23.3 Å². The number of halogens is 7. The number of benzene rings is 1. The first-order valence-electron chi connectivity index (χ1n) is 8.27. The van der Waals surface area contributed by atoms with E-state index < -0.39 is 52.3 Å². The SMILES string of the molecule is CCCC(O/N=C(\C)C(=O)Nc1c(F)c(F)c(C(F)(F)F)c(F)c1F)C(C)C. The predicted molar refractivity (Wildman–Crippen MR) is 87.6 cm³/mol. The van der Waals surface area contributed by atoms with Crippen molar-refractivity contribution >= 4 is 17.3 Å². The molecular weight excluding hydrogens is 397 g/mol. The van der Waals surface area contributed by atoms with Gasteiger partial charge in [-0.2, -0.15) is 13.2 Å². The number of hydrogen-bond donors (Lipinski definition) is 1. The fraction of sp³-hybridized carbons (Fsp3) is 0.529. The zero-order valence-corrected chi connectivity index (χ0v) is 15.5. The summed E-state index contributed by atoms with van der Waals surface area (Å²) in [6, 6.07) is 0. The minimum Gasteiger partial charge on any atom is -0.392 e. The highest BCUT2D eigenvalue weighted by Crippen LogP contribution is 2.38. The Hall–Kier alpha value is -2.33. The average Bonchev–Trinajstić information content (AvgIpc) is 2.58. The largest absolute Gasteiger partial charge is 0.422 e. The number of hydrogen-bond acceptors (Lipinski definition) is 3. The molecule has 1 N–H and O–H groups in total.